The molecule has 2 aromatic carbocycles. The van der Waals surface area contributed by atoms with Gasteiger partial charge in [-0.15, -0.1) is 0 Å². The average Bonchev–Trinajstić information content (AvgIpc) is 2.77. The highest BCUT2D eigenvalue weighted by atomic mass is 19.1. The molecule has 10 heteroatoms. The summed E-state index contributed by atoms with van der Waals surface area (Å²) < 4.78 is 55.9. The number of nitrogens with two attached hydrogens (primary N) is 1. The first kappa shape index (κ1) is 21.4. The Kier molecular flexibility index (Phi) is 5.39. The maximum absolute atomic E-state index is 15.8. The van der Waals surface area contributed by atoms with Crippen molar-refractivity contribution in [3.8, 4) is 33.9 Å². The van der Waals surface area contributed by atoms with Gasteiger partial charge in [0.15, 0.2) is 23.1 Å². The number of aliphatic imine (C=N–C) groups is 1. The second kappa shape index (κ2) is 8.04. The van der Waals surface area contributed by atoms with Crippen LogP contribution in [0.25, 0.3) is 22.4 Å². The number of hydroxylamine groups is 1. The van der Waals surface area contributed by atoms with Gasteiger partial charge in [-0.05, 0) is 19.1 Å². The van der Waals surface area contributed by atoms with Crippen LogP contribution in [0.15, 0.2) is 29.4 Å². The fraction of sp³-hybridized carbons (Fsp3) is 0.182. The van der Waals surface area contributed by atoms with Crippen molar-refractivity contribution in [1.82, 2.24) is 4.98 Å². The van der Waals surface area contributed by atoms with Gasteiger partial charge in [0.2, 0.25) is 0 Å². The molecule has 2 heterocycles. The van der Waals surface area contributed by atoms with Crippen LogP contribution in [0.1, 0.15) is 11.1 Å². The Bertz CT molecular complexity index is 1240. The topological polar surface area (TPSA) is 93.2 Å². The second-order valence-corrected chi connectivity index (χ2v) is 7.08. The van der Waals surface area contributed by atoms with E-state index in [1.165, 1.54) is 38.9 Å². The molecule has 1 aliphatic rings. The summed E-state index contributed by atoms with van der Waals surface area (Å²) in [5.41, 5.74) is 6.18. The summed E-state index contributed by atoms with van der Waals surface area (Å²) in [6.07, 6.45) is 2.69. The van der Waals surface area contributed by atoms with E-state index in [9.17, 15) is 5.21 Å². The van der Waals surface area contributed by atoms with Gasteiger partial charge in [-0.1, -0.05) is 0 Å². The number of aromatic nitrogens is 1. The highest BCUT2D eigenvalue weighted by molar-refractivity contribution is 5.88. The van der Waals surface area contributed by atoms with Crippen LogP contribution < -0.4 is 20.3 Å². The maximum Gasteiger partial charge on any atom is 0.176 e. The van der Waals surface area contributed by atoms with Crippen molar-refractivity contribution in [2.24, 2.45) is 4.99 Å². The number of fused-ring (bicyclic) bond motifs is 1. The van der Waals surface area contributed by atoms with Gasteiger partial charge in [-0.25, -0.2) is 18.2 Å². The summed E-state index contributed by atoms with van der Waals surface area (Å²) >= 11 is 0. The fourth-order valence-electron chi connectivity index (χ4n) is 3.77. The summed E-state index contributed by atoms with van der Waals surface area (Å²) in [6, 6.07) is 3.72. The molecule has 166 valence electrons. The second-order valence-electron chi connectivity index (χ2n) is 7.08. The standard InChI is InChI=1S/C22H19F3N4O3/c1-10-21(28-8-11-7-27-9-29(30)22(10)11)12-4-5-13(26)16(18(12)23)17-19(24)14(31-2)6-15(32-3)20(17)25/h4-6,8-9,30H,7,26H2,1-3H3. The third-order valence-corrected chi connectivity index (χ3v) is 5.30. The molecule has 0 bridgehead atoms. The minimum atomic E-state index is -1.12. The van der Waals surface area contributed by atoms with Crippen LogP contribution in [0.4, 0.5) is 24.5 Å². The first-order valence-corrected chi connectivity index (χ1v) is 9.45. The molecule has 3 N–H and O–H groups in total. The maximum atomic E-state index is 15.8. The van der Waals surface area contributed by atoms with E-state index in [0.29, 0.717) is 23.4 Å². The molecule has 0 saturated heterocycles. The SMILES string of the molecule is COc1cc(OC)c(F)c(-c2c(N)ccc(-c3ncc4c(c3C)N(O)C=NC4)c2F)c1F. The molecule has 0 atom stereocenters. The Morgan fingerprint density at radius 2 is 1.69 bits per heavy atom. The van der Waals surface area contributed by atoms with Gasteiger partial charge in [0.1, 0.15) is 12.2 Å². The van der Waals surface area contributed by atoms with Crippen LogP contribution in [0.5, 0.6) is 11.5 Å². The van der Waals surface area contributed by atoms with E-state index in [-0.39, 0.29) is 28.4 Å². The molecule has 1 aliphatic heterocycles. The molecule has 7 nitrogen and oxygen atoms in total. The molecule has 3 aromatic rings. The van der Waals surface area contributed by atoms with Crippen molar-refractivity contribution >= 4 is 17.7 Å². The van der Waals surface area contributed by atoms with Crippen molar-refractivity contribution in [3.63, 3.8) is 0 Å². The normalized spacial score (nSPS) is 12.7. The first-order chi connectivity index (χ1) is 15.3. The Balaban J connectivity index is 1.99. The molecular weight excluding hydrogens is 425 g/mol. The summed E-state index contributed by atoms with van der Waals surface area (Å²) in [5, 5.41) is 11.0. The summed E-state index contributed by atoms with van der Waals surface area (Å²) in [5.74, 6) is -3.90. The minimum absolute atomic E-state index is 0.0500. The summed E-state index contributed by atoms with van der Waals surface area (Å²) in [7, 11) is 2.39. The van der Waals surface area contributed by atoms with Crippen molar-refractivity contribution in [2.75, 3.05) is 25.0 Å². The number of rotatable bonds is 4. The number of nitrogen functional groups attached to an aromatic ring is 1. The molecule has 0 fully saturated rings. The Morgan fingerprint density at radius 1 is 1.03 bits per heavy atom. The van der Waals surface area contributed by atoms with Gasteiger partial charge in [-0.3, -0.25) is 15.2 Å². The lowest BCUT2D eigenvalue weighted by Crippen LogP contribution is -2.22. The molecule has 32 heavy (non-hydrogen) atoms. The number of anilines is 2. The lowest BCUT2D eigenvalue weighted by atomic mass is 9.94. The zero-order valence-corrected chi connectivity index (χ0v) is 17.4. The molecule has 0 aliphatic carbocycles. The lowest BCUT2D eigenvalue weighted by molar-refractivity contribution is 0.313. The van der Waals surface area contributed by atoms with Gasteiger partial charge < -0.3 is 15.2 Å². The third kappa shape index (κ3) is 3.19. The molecule has 0 saturated carbocycles. The van der Waals surface area contributed by atoms with E-state index >= 15 is 13.2 Å². The molecule has 0 amide bonds. The fourth-order valence-corrected chi connectivity index (χ4v) is 3.77. The van der Waals surface area contributed by atoms with Gasteiger partial charge in [0.25, 0.3) is 0 Å². The number of ether oxygens (including phenoxy) is 2. The van der Waals surface area contributed by atoms with Crippen LogP contribution in [-0.4, -0.2) is 30.7 Å². The number of hydrogen-bond acceptors (Lipinski definition) is 7. The highest BCUT2D eigenvalue weighted by Crippen LogP contribution is 2.44. The Morgan fingerprint density at radius 3 is 2.31 bits per heavy atom. The summed E-state index contributed by atoms with van der Waals surface area (Å²) in [4.78, 5) is 8.30. The van der Waals surface area contributed by atoms with Crippen LogP contribution in [0.3, 0.4) is 0 Å². The van der Waals surface area contributed by atoms with Gasteiger partial charge >= 0.3 is 0 Å². The predicted molar refractivity (Wildman–Crippen MR) is 114 cm³/mol. The average molecular weight is 444 g/mol. The van der Waals surface area contributed by atoms with E-state index < -0.39 is 28.6 Å². The van der Waals surface area contributed by atoms with Crippen molar-refractivity contribution in [2.45, 2.75) is 13.5 Å². The van der Waals surface area contributed by atoms with Crippen molar-refractivity contribution in [1.29, 1.82) is 0 Å². The van der Waals surface area contributed by atoms with E-state index in [2.05, 4.69) is 9.98 Å². The van der Waals surface area contributed by atoms with Crippen LogP contribution in [-0.2, 0) is 6.54 Å². The first-order valence-electron chi connectivity index (χ1n) is 9.45. The lowest BCUT2D eigenvalue weighted by Gasteiger charge is -2.23. The molecular formula is C22H19F3N4O3. The van der Waals surface area contributed by atoms with Crippen LogP contribution >= 0.6 is 0 Å². The number of halogens is 3. The molecule has 0 radical (unpaired) electrons. The van der Waals surface area contributed by atoms with Crippen molar-refractivity contribution in [3.05, 3.63) is 53.0 Å². The number of hydrogen-bond donors (Lipinski definition) is 2. The third-order valence-electron chi connectivity index (χ3n) is 5.30. The van der Waals surface area contributed by atoms with Crippen LogP contribution in [0.2, 0.25) is 0 Å². The monoisotopic (exact) mass is 444 g/mol. The number of pyridine rings is 1. The zero-order chi connectivity index (χ0) is 23.2. The Labute approximate surface area is 181 Å². The van der Waals surface area contributed by atoms with Gasteiger partial charge in [0.05, 0.1) is 37.7 Å². The predicted octanol–water partition coefficient (Wildman–Crippen LogP) is 4.48. The molecule has 0 unspecified atom stereocenters. The number of benzene rings is 2. The van der Waals surface area contributed by atoms with E-state index in [1.807, 2.05) is 0 Å². The minimum Gasteiger partial charge on any atom is -0.494 e. The summed E-state index contributed by atoms with van der Waals surface area (Å²) in [6.45, 7) is 1.95. The van der Waals surface area contributed by atoms with E-state index in [4.69, 9.17) is 15.2 Å². The molecule has 4 rings (SSSR count). The number of nitrogens with zero attached hydrogens (tertiary/aromatic N) is 3. The Hall–Kier alpha value is -3.79. The van der Waals surface area contributed by atoms with Gasteiger partial charge in [0, 0.05) is 40.2 Å². The van der Waals surface area contributed by atoms with E-state index in [0.717, 1.165) is 11.1 Å². The molecule has 0 spiro atoms. The molecule has 1 aromatic heterocycles. The van der Waals surface area contributed by atoms with Crippen molar-refractivity contribution < 1.29 is 27.9 Å². The van der Waals surface area contributed by atoms with E-state index in [1.54, 1.807) is 6.92 Å². The zero-order valence-electron chi connectivity index (χ0n) is 17.4. The largest absolute Gasteiger partial charge is 0.494 e. The smallest absolute Gasteiger partial charge is 0.176 e. The van der Waals surface area contributed by atoms with Crippen LogP contribution in [0, 0.1) is 24.4 Å². The quantitative estimate of drug-likeness (QED) is 0.577. The van der Waals surface area contributed by atoms with Gasteiger partial charge in [-0.2, -0.15) is 0 Å². The number of methoxy groups -OCH3 is 2. The highest BCUT2D eigenvalue weighted by Gasteiger charge is 2.28.